The van der Waals surface area contributed by atoms with Gasteiger partial charge in [0.1, 0.15) is 5.75 Å². The van der Waals surface area contributed by atoms with Gasteiger partial charge in [-0.1, -0.05) is 30.3 Å². The fourth-order valence-corrected chi connectivity index (χ4v) is 3.39. The summed E-state index contributed by atoms with van der Waals surface area (Å²) < 4.78 is 32.5. The highest BCUT2D eigenvalue weighted by atomic mass is 19.2. The third-order valence-corrected chi connectivity index (χ3v) is 5.07. The van der Waals surface area contributed by atoms with Crippen molar-refractivity contribution in [1.29, 1.82) is 0 Å². The van der Waals surface area contributed by atoms with Gasteiger partial charge in [0.15, 0.2) is 11.6 Å². The largest absolute Gasteiger partial charge is 0.476 e. The number of hydrogen-bond donors (Lipinski definition) is 1. The number of nitrogens with two attached hydrogens (primary N) is 1. The first kappa shape index (κ1) is 19.3. The van der Waals surface area contributed by atoms with Gasteiger partial charge in [-0.25, -0.2) is 8.78 Å². The summed E-state index contributed by atoms with van der Waals surface area (Å²) in [6, 6.07) is 12.4. The molecule has 0 saturated carbocycles. The molecule has 0 spiro atoms. The molecule has 2 N–H and O–H groups in total. The lowest BCUT2D eigenvalue weighted by Gasteiger charge is -2.35. The fraction of sp³-hybridized carbons (Fsp3) is 0.381. The van der Waals surface area contributed by atoms with Gasteiger partial charge in [0, 0.05) is 30.8 Å². The molecule has 27 heavy (non-hydrogen) atoms. The monoisotopic (exact) mass is 374 g/mol. The molecule has 1 aliphatic heterocycles. The van der Waals surface area contributed by atoms with E-state index in [0.29, 0.717) is 24.6 Å². The van der Waals surface area contributed by atoms with E-state index in [1.54, 1.807) is 17.0 Å². The smallest absolute Gasteiger partial charge is 0.268 e. The van der Waals surface area contributed by atoms with Crippen molar-refractivity contribution < 1.29 is 18.3 Å². The minimum atomic E-state index is -1.01. The third kappa shape index (κ3) is 4.63. The maximum Gasteiger partial charge on any atom is 0.268 e. The zero-order chi connectivity index (χ0) is 19.4. The second-order valence-electron chi connectivity index (χ2n) is 7.01. The Labute approximate surface area is 157 Å². The third-order valence-electron chi connectivity index (χ3n) is 5.07. The van der Waals surface area contributed by atoms with E-state index in [0.717, 1.165) is 25.0 Å². The van der Waals surface area contributed by atoms with Gasteiger partial charge >= 0.3 is 0 Å². The molecule has 6 heteroatoms. The number of halogens is 2. The normalized spacial score (nSPS) is 17.4. The highest BCUT2D eigenvalue weighted by Gasteiger charge is 2.31. The number of carbonyl (C=O) groups is 1. The molecule has 144 valence electrons. The number of nitrogens with zero attached hydrogens (tertiary/aromatic N) is 1. The lowest BCUT2D eigenvalue weighted by Crippen LogP contribution is -2.45. The Hall–Kier alpha value is -2.47. The van der Waals surface area contributed by atoms with E-state index in [-0.39, 0.29) is 17.7 Å². The van der Waals surface area contributed by atoms with E-state index < -0.39 is 17.7 Å². The van der Waals surface area contributed by atoms with Crippen LogP contribution in [-0.4, -0.2) is 29.9 Å². The molecule has 2 atom stereocenters. The minimum absolute atomic E-state index is 0.102. The van der Waals surface area contributed by atoms with E-state index in [1.807, 2.05) is 25.1 Å². The van der Waals surface area contributed by atoms with Crippen LogP contribution in [0.2, 0.25) is 0 Å². The van der Waals surface area contributed by atoms with Crippen molar-refractivity contribution in [3.05, 3.63) is 65.7 Å². The second-order valence-corrected chi connectivity index (χ2v) is 7.01. The standard InChI is InChI=1S/C21H24F2N2O2/c1-14(24)15-9-11-25(12-10-15)21(26)20(16-5-3-2-4-6-16)27-17-7-8-18(22)19(23)13-17/h2-8,13-15,20H,9-12,24H2,1H3. The first-order chi connectivity index (χ1) is 13.0. The topological polar surface area (TPSA) is 55.6 Å². The zero-order valence-corrected chi connectivity index (χ0v) is 15.3. The number of likely N-dealkylation sites (tertiary alicyclic amines) is 1. The SMILES string of the molecule is CC(N)C1CCN(C(=O)C(Oc2ccc(F)c(F)c2)c2ccccc2)CC1. The van der Waals surface area contributed by atoms with Crippen LogP contribution < -0.4 is 10.5 Å². The minimum Gasteiger partial charge on any atom is -0.476 e. The van der Waals surface area contributed by atoms with Crippen LogP contribution in [-0.2, 0) is 4.79 Å². The van der Waals surface area contributed by atoms with Crippen LogP contribution in [0, 0.1) is 17.6 Å². The molecule has 0 radical (unpaired) electrons. The van der Waals surface area contributed by atoms with Crippen LogP contribution in [0.1, 0.15) is 31.4 Å². The first-order valence-electron chi connectivity index (χ1n) is 9.16. The van der Waals surface area contributed by atoms with E-state index in [2.05, 4.69) is 0 Å². The van der Waals surface area contributed by atoms with Crippen LogP contribution in [0.3, 0.4) is 0 Å². The summed E-state index contributed by atoms with van der Waals surface area (Å²) in [5, 5.41) is 0. The molecule has 1 saturated heterocycles. The number of benzene rings is 2. The van der Waals surface area contributed by atoms with Crippen molar-refractivity contribution >= 4 is 5.91 Å². The van der Waals surface area contributed by atoms with Crippen LogP contribution in [0.4, 0.5) is 8.78 Å². The molecule has 1 amide bonds. The van der Waals surface area contributed by atoms with E-state index in [9.17, 15) is 13.6 Å². The van der Waals surface area contributed by atoms with Crippen molar-refractivity contribution in [3.63, 3.8) is 0 Å². The Morgan fingerprint density at radius 3 is 2.37 bits per heavy atom. The Morgan fingerprint density at radius 1 is 1.11 bits per heavy atom. The van der Waals surface area contributed by atoms with E-state index in [1.165, 1.54) is 6.07 Å². The molecule has 2 aromatic carbocycles. The van der Waals surface area contributed by atoms with Gasteiger partial charge in [0.2, 0.25) is 6.10 Å². The molecular formula is C21H24F2N2O2. The van der Waals surface area contributed by atoms with Crippen molar-refractivity contribution in [2.45, 2.75) is 31.9 Å². The van der Waals surface area contributed by atoms with Gasteiger partial charge in [-0.15, -0.1) is 0 Å². The number of rotatable bonds is 5. The maximum absolute atomic E-state index is 13.5. The van der Waals surface area contributed by atoms with Crippen LogP contribution >= 0.6 is 0 Å². The first-order valence-corrected chi connectivity index (χ1v) is 9.16. The molecule has 0 aromatic heterocycles. The van der Waals surface area contributed by atoms with Gasteiger partial charge in [0.05, 0.1) is 0 Å². The summed E-state index contributed by atoms with van der Waals surface area (Å²) in [5.74, 6) is -1.64. The fourth-order valence-electron chi connectivity index (χ4n) is 3.39. The lowest BCUT2D eigenvalue weighted by molar-refractivity contribution is -0.140. The van der Waals surface area contributed by atoms with Crippen molar-refractivity contribution in [2.24, 2.45) is 11.7 Å². The summed E-state index contributed by atoms with van der Waals surface area (Å²) in [5.41, 5.74) is 6.64. The molecular weight excluding hydrogens is 350 g/mol. The predicted octanol–water partition coefficient (Wildman–Crippen LogP) is 3.67. The zero-order valence-electron chi connectivity index (χ0n) is 15.3. The number of carbonyl (C=O) groups excluding carboxylic acids is 1. The Morgan fingerprint density at radius 2 is 1.78 bits per heavy atom. The van der Waals surface area contributed by atoms with Gasteiger partial charge in [0.25, 0.3) is 5.91 Å². The van der Waals surface area contributed by atoms with Gasteiger partial charge < -0.3 is 15.4 Å². The quantitative estimate of drug-likeness (QED) is 0.869. The van der Waals surface area contributed by atoms with E-state index in [4.69, 9.17) is 10.5 Å². The molecule has 2 aromatic rings. The van der Waals surface area contributed by atoms with Gasteiger partial charge in [-0.2, -0.15) is 0 Å². The summed E-state index contributed by atoms with van der Waals surface area (Å²) in [4.78, 5) is 14.9. The molecule has 0 aliphatic carbocycles. The molecule has 4 nitrogen and oxygen atoms in total. The summed E-state index contributed by atoms with van der Waals surface area (Å²) in [6.07, 6.45) is 0.773. The number of hydrogen-bond acceptors (Lipinski definition) is 3. The number of amides is 1. The Balaban J connectivity index is 1.80. The number of ether oxygens (including phenoxy) is 1. The van der Waals surface area contributed by atoms with Gasteiger partial charge in [-0.3, -0.25) is 4.79 Å². The molecule has 1 heterocycles. The highest BCUT2D eigenvalue weighted by molar-refractivity contribution is 5.82. The second kappa shape index (κ2) is 8.48. The van der Waals surface area contributed by atoms with Crippen LogP contribution in [0.5, 0.6) is 5.75 Å². The van der Waals surface area contributed by atoms with Crippen LogP contribution in [0.25, 0.3) is 0 Å². The predicted molar refractivity (Wildman–Crippen MR) is 99.1 cm³/mol. The molecule has 1 aliphatic rings. The lowest BCUT2D eigenvalue weighted by atomic mass is 9.90. The number of piperidine rings is 1. The van der Waals surface area contributed by atoms with Crippen molar-refractivity contribution in [1.82, 2.24) is 4.90 Å². The van der Waals surface area contributed by atoms with E-state index >= 15 is 0 Å². The van der Waals surface area contributed by atoms with Crippen LogP contribution in [0.15, 0.2) is 48.5 Å². The summed E-state index contributed by atoms with van der Waals surface area (Å²) >= 11 is 0. The molecule has 3 rings (SSSR count). The van der Waals surface area contributed by atoms with Crippen molar-refractivity contribution in [2.75, 3.05) is 13.1 Å². The Kier molecular flexibility index (Phi) is 6.06. The molecule has 1 fully saturated rings. The summed E-state index contributed by atoms with van der Waals surface area (Å²) in [6.45, 7) is 3.20. The summed E-state index contributed by atoms with van der Waals surface area (Å²) in [7, 11) is 0. The van der Waals surface area contributed by atoms with Gasteiger partial charge in [-0.05, 0) is 37.8 Å². The molecule has 2 unspecified atom stereocenters. The maximum atomic E-state index is 13.5. The average molecular weight is 374 g/mol. The molecule has 0 bridgehead atoms. The van der Waals surface area contributed by atoms with Crippen molar-refractivity contribution in [3.8, 4) is 5.75 Å². The average Bonchev–Trinajstić information content (AvgIpc) is 2.69. The Bertz CT molecular complexity index is 775. The highest BCUT2D eigenvalue weighted by Crippen LogP contribution is 2.28.